The number of hydrogen-bond donors (Lipinski definition) is 0. The van der Waals surface area contributed by atoms with Gasteiger partial charge < -0.3 is 9.47 Å². The van der Waals surface area contributed by atoms with Gasteiger partial charge in [0.05, 0.1) is 11.8 Å². The van der Waals surface area contributed by atoms with E-state index in [0.717, 1.165) is 5.56 Å². The molecule has 0 bridgehead atoms. The molecule has 0 fully saturated rings. The third kappa shape index (κ3) is 3.95. The van der Waals surface area contributed by atoms with E-state index in [2.05, 4.69) is 6.58 Å². The van der Waals surface area contributed by atoms with Crippen LogP contribution >= 0.6 is 11.6 Å². The van der Waals surface area contributed by atoms with Crippen molar-refractivity contribution in [1.29, 1.82) is 0 Å². The minimum Gasteiger partial charge on any atom is -0.498 e. The van der Waals surface area contributed by atoms with Crippen molar-refractivity contribution in [2.75, 3.05) is 13.2 Å². The van der Waals surface area contributed by atoms with Gasteiger partial charge in [0.2, 0.25) is 0 Å². The third-order valence-corrected chi connectivity index (χ3v) is 2.20. The maximum atomic E-state index is 11.5. The predicted molar refractivity (Wildman–Crippen MR) is 62.4 cm³/mol. The molecule has 1 aromatic rings. The standard InChI is InChI=1S/C12H13ClO3/c1-2-15-7-8-16-12(14)11-5-3-10(9-13)4-6-11/h2-6H,1,7-9H2. The Hall–Kier alpha value is -1.48. The van der Waals surface area contributed by atoms with Crippen molar-refractivity contribution in [2.45, 2.75) is 5.88 Å². The van der Waals surface area contributed by atoms with E-state index < -0.39 is 0 Å². The molecular weight excluding hydrogens is 228 g/mol. The van der Waals surface area contributed by atoms with Crippen LogP contribution in [0.15, 0.2) is 37.1 Å². The number of benzene rings is 1. The number of hydrogen-bond acceptors (Lipinski definition) is 3. The smallest absolute Gasteiger partial charge is 0.338 e. The van der Waals surface area contributed by atoms with Gasteiger partial charge in [-0.3, -0.25) is 0 Å². The molecule has 0 saturated heterocycles. The normalized spacial score (nSPS) is 9.56. The summed E-state index contributed by atoms with van der Waals surface area (Å²) in [5.41, 5.74) is 1.47. The van der Waals surface area contributed by atoms with Crippen molar-refractivity contribution in [3.05, 3.63) is 48.2 Å². The highest BCUT2D eigenvalue weighted by molar-refractivity contribution is 6.17. The molecule has 16 heavy (non-hydrogen) atoms. The van der Waals surface area contributed by atoms with Crippen LogP contribution in [0.3, 0.4) is 0 Å². The van der Waals surface area contributed by atoms with Crippen LogP contribution in [-0.2, 0) is 15.4 Å². The zero-order chi connectivity index (χ0) is 11.8. The fraction of sp³-hybridized carbons (Fsp3) is 0.250. The molecule has 0 amide bonds. The second-order valence-corrected chi connectivity index (χ2v) is 3.27. The highest BCUT2D eigenvalue weighted by Crippen LogP contribution is 2.07. The largest absolute Gasteiger partial charge is 0.498 e. The molecule has 0 spiro atoms. The molecule has 0 atom stereocenters. The molecule has 0 aliphatic rings. The minimum atomic E-state index is -0.367. The summed E-state index contributed by atoms with van der Waals surface area (Å²) in [5, 5.41) is 0. The lowest BCUT2D eigenvalue weighted by Gasteiger charge is -2.04. The van der Waals surface area contributed by atoms with Crippen molar-refractivity contribution in [3.63, 3.8) is 0 Å². The number of carbonyl (C=O) groups is 1. The highest BCUT2D eigenvalue weighted by Gasteiger charge is 2.06. The van der Waals surface area contributed by atoms with Crippen LogP contribution in [0.25, 0.3) is 0 Å². The Bertz CT molecular complexity index is 346. The first kappa shape index (κ1) is 12.6. The number of rotatable bonds is 6. The van der Waals surface area contributed by atoms with Crippen LogP contribution < -0.4 is 0 Å². The van der Waals surface area contributed by atoms with Crippen LogP contribution in [0.5, 0.6) is 0 Å². The summed E-state index contributed by atoms with van der Waals surface area (Å²) in [5.74, 6) is 0.0662. The van der Waals surface area contributed by atoms with E-state index >= 15 is 0 Å². The summed E-state index contributed by atoms with van der Waals surface area (Å²) in [4.78, 5) is 11.5. The van der Waals surface area contributed by atoms with Gasteiger partial charge in [-0.2, -0.15) is 0 Å². The Labute approximate surface area is 99.6 Å². The van der Waals surface area contributed by atoms with Gasteiger partial charge in [-0.15, -0.1) is 11.6 Å². The molecule has 3 nitrogen and oxygen atoms in total. The van der Waals surface area contributed by atoms with Crippen LogP contribution in [-0.4, -0.2) is 19.2 Å². The van der Waals surface area contributed by atoms with Gasteiger partial charge in [0.15, 0.2) is 0 Å². The fourth-order valence-corrected chi connectivity index (χ4v) is 1.26. The van der Waals surface area contributed by atoms with E-state index in [1.54, 1.807) is 24.3 Å². The average Bonchev–Trinajstić information content (AvgIpc) is 2.34. The molecule has 0 N–H and O–H groups in total. The molecule has 4 heteroatoms. The summed E-state index contributed by atoms with van der Waals surface area (Å²) < 4.78 is 9.78. The summed E-state index contributed by atoms with van der Waals surface area (Å²) in [6.45, 7) is 3.90. The Morgan fingerprint density at radius 2 is 2.00 bits per heavy atom. The summed E-state index contributed by atoms with van der Waals surface area (Å²) in [6, 6.07) is 6.97. The number of esters is 1. The molecule has 0 radical (unpaired) electrons. The van der Waals surface area contributed by atoms with Crippen LogP contribution in [0.1, 0.15) is 15.9 Å². The Kier molecular flexibility index (Phi) is 5.43. The van der Waals surface area contributed by atoms with Crippen LogP contribution in [0, 0.1) is 0 Å². The van der Waals surface area contributed by atoms with E-state index in [1.165, 1.54) is 6.26 Å². The first-order valence-corrected chi connectivity index (χ1v) is 5.36. The maximum Gasteiger partial charge on any atom is 0.338 e. The molecule has 86 valence electrons. The van der Waals surface area contributed by atoms with Crippen molar-refractivity contribution in [1.82, 2.24) is 0 Å². The lowest BCUT2D eigenvalue weighted by atomic mass is 10.1. The second-order valence-electron chi connectivity index (χ2n) is 3.00. The first-order valence-electron chi connectivity index (χ1n) is 4.82. The lowest BCUT2D eigenvalue weighted by Crippen LogP contribution is -2.09. The van der Waals surface area contributed by atoms with Gasteiger partial charge in [-0.1, -0.05) is 18.7 Å². The third-order valence-electron chi connectivity index (χ3n) is 1.90. The topological polar surface area (TPSA) is 35.5 Å². The molecule has 0 saturated carbocycles. The molecular formula is C12H13ClO3. The molecule has 1 rings (SSSR count). The molecule has 0 heterocycles. The average molecular weight is 241 g/mol. The Morgan fingerprint density at radius 1 is 1.31 bits per heavy atom. The van der Waals surface area contributed by atoms with E-state index in [9.17, 15) is 4.79 Å². The van der Waals surface area contributed by atoms with Crippen LogP contribution in [0.4, 0.5) is 0 Å². The van der Waals surface area contributed by atoms with Gasteiger partial charge in [-0.25, -0.2) is 4.79 Å². The number of halogens is 1. The highest BCUT2D eigenvalue weighted by atomic mass is 35.5. The summed E-state index contributed by atoms with van der Waals surface area (Å²) in [6.07, 6.45) is 1.31. The van der Waals surface area contributed by atoms with Crippen LogP contribution in [0.2, 0.25) is 0 Å². The van der Waals surface area contributed by atoms with Gasteiger partial charge >= 0.3 is 5.97 Å². The van der Waals surface area contributed by atoms with Crippen molar-refractivity contribution in [3.8, 4) is 0 Å². The van der Waals surface area contributed by atoms with Gasteiger partial charge in [0.1, 0.15) is 13.2 Å². The fourth-order valence-electron chi connectivity index (χ4n) is 1.08. The zero-order valence-electron chi connectivity index (χ0n) is 8.82. The second kappa shape index (κ2) is 6.90. The number of ether oxygens (including phenoxy) is 2. The zero-order valence-corrected chi connectivity index (χ0v) is 9.57. The monoisotopic (exact) mass is 240 g/mol. The predicted octanol–water partition coefficient (Wildman–Crippen LogP) is 2.74. The van der Waals surface area contributed by atoms with E-state index in [0.29, 0.717) is 18.1 Å². The van der Waals surface area contributed by atoms with E-state index in [1.807, 2.05) is 0 Å². The van der Waals surface area contributed by atoms with E-state index in [4.69, 9.17) is 21.1 Å². The Morgan fingerprint density at radius 3 is 2.56 bits per heavy atom. The summed E-state index contributed by atoms with van der Waals surface area (Å²) >= 11 is 5.64. The van der Waals surface area contributed by atoms with Gasteiger partial charge in [0, 0.05) is 5.88 Å². The molecule has 0 aliphatic carbocycles. The minimum absolute atomic E-state index is 0.210. The quantitative estimate of drug-likeness (QED) is 0.332. The van der Waals surface area contributed by atoms with Gasteiger partial charge in [-0.05, 0) is 17.7 Å². The van der Waals surface area contributed by atoms with Gasteiger partial charge in [0.25, 0.3) is 0 Å². The van der Waals surface area contributed by atoms with Crippen molar-refractivity contribution < 1.29 is 14.3 Å². The van der Waals surface area contributed by atoms with E-state index in [-0.39, 0.29) is 12.6 Å². The first-order chi connectivity index (χ1) is 7.77. The molecule has 0 aliphatic heterocycles. The van der Waals surface area contributed by atoms with Crippen molar-refractivity contribution >= 4 is 17.6 Å². The Balaban J connectivity index is 2.43. The number of alkyl halides is 1. The summed E-state index contributed by atoms with van der Waals surface area (Å²) in [7, 11) is 0. The van der Waals surface area contributed by atoms with Crippen molar-refractivity contribution in [2.24, 2.45) is 0 Å². The lowest BCUT2D eigenvalue weighted by molar-refractivity contribution is 0.0421. The maximum absolute atomic E-state index is 11.5. The molecule has 0 unspecified atom stereocenters. The molecule has 1 aromatic carbocycles. The molecule has 0 aromatic heterocycles. The number of carbonyl (C=O) groups excluding carboxylic acids is 1. The SMILES string of the molecule is C=COCCOC(=O)c1ccc(CCl)cc1.